The lowest BCUT2D eigenvalue weighted by Gasteiger charge is -2.07. The topological polar surface area (TPSA) is 38.0 Å². The zero-order valence-electron chi connectivity index (χ0n) is 11.3. The first-order valence-corrected chi connectivity index (χ1v) is 7.49. The molecular weight excluding hydrogens is 268 g/mol. The maximum Gasteiger partial charge on any atom is 0.168 e. The molecule has 0 bridgehead atoms. The molecule has 0 amide bonds. The summed E-state index contributed by atoms with van der Waals surface area (Å²) in [6, 6.07) is 14.8. The molecule has 2 aromatic carbocycles. The van der Waals surface area contributed by atoms with Crippen LogP contribution < -0.4 is 0 Å². The summed E-state index contributed by atoms with van der Waals surface area (Å²) in [6.45, 7) is 0.0261. The van der Waals surface area contributed by atoms with Gasteiger partial charge in [0.25, 0.3) is 0 Å². The zero-order valence-corrected chi connectivity index (χ0v) is 12.1. The molecule has 1 N–H and O–H groups in total. The van der Waals surface area contributed by atoms with Crippen LogP contribution in [-0.4, -0.2) is 14.7 Å². The molecular formula is C16H16N2OS. The SMILES string of the molecule is Cn1c(CO)cnc1SCc1cccc2ccccc12. The predicted molar refractivity (Wildman–Crippen MR) is 82.6 cm³/mol. The molecule has 4 heteroatoms. The number of hydrogen-bond acceptors (Lipinski definition) is 3. The molecule has 3 nitrogen and oxygen atoms in total. The van der Waals surface area contributed by atoms with Gasteiger partial charge in [-0.1, -0.05) is 54.2 Å². The van der Waals surface area contributed by atoms with Crippen LogP contribution in [0.1, 0.15) is 11.3 Å². The quantitative estimate of drug-likeness (QED) is 0.747. The van der Waals surface area contributed by atoms with Crippen LogP contribution in [0, 0.1) is 0 Å². The van der Waals surface area contributed by atoms with Crippen molar-refractivity contribution >= 4 is 22.5 Å². The summed E-state index contributed by atoms with van der Waals surface area (Å²) in [4.78, 5) is 4.35. The number of aliphatic hydroxyl groups excluding tert-OH is 1. The first-order chi connectivity index (χ1) is 9.79. The molecule has 1 aromatic heterocycles. The Labute approximate surface area is 122 Å². The van der Waals surface area contributed by atoms with E-state index in [-0.39, 0.29) is 6.61 Å². The summed E-state index contributed by atoms with van der Waals surface area (Å²) < 4.78 is 1.94. The molecule has 20 heavy (non-hydrogen) atoms. The van der Waals surface area contributed by atoms with Crippen LogP contribution in [0.5, 0.6) is 0 Å². The largest absolute Gasteiger partial charge is 0.390 e. The fraction of sp³-hybridized carbons (Fsp3) is 0.188. The van der Waals surface area contributed by atoms with Crippen molar-refractivity contribution in [3.05, 3.63) is 59.9 Å². The van der Waals surface area contributed by atoms with Crippen LogP contribution in [0.15, 0.2) is 53.8 Å². The summed E-state index contributed by atoms with van der Waals surface area (Å²) >= 11 is 1.69. The minimum Gasteiger partial charge on any atom is -0.390 e. The third kappa shape index (κ3) is 2.44. The summed E-state index contributed by atoms with van der Waals surface area (Å²) in [6.07, 6.45) is 1.73. The average molecular weight is 284 g/mol. The highest BCUT2D eigenvalue weighted by Crippen LogP contribution is 2.26. The van der Waals surface area contributed by atoms with Crippen LogP contribution in [0.25, 0.3) is 10.8 Å². The van der Waals surface area contributed by atoms with E-state index in [1.165, 1.54) is 16.3 Å². The van der Waals surface area contributed by atoms with Crippen molar-refractivity contribution in [3.63, 3.8) is 0 Å². The molecule has 3 aromatic rings. The van der Waals surface area contributed by atoms with Gasteiger partial charge in [-0.3, -0.25) is 0 Å². The third-order valence-corrected chi connectivity index (χ3v) is 4.53. The molecule has 0 saturated heterocycles. The second-order valence-electron chi connectivity index (χ2n) is 4.68. The van der Waals surface area contributed by atoms with E-state index in [9.17, 15) is 5.11 Å². The number of hydrogen-bond donors (Lipinski definition) is 1. The van der Waals surface area contributed by atoms with E-state index in [0.717, 1.165) is 16.6 Å². The van der Waals surface area contributed by atoms with Crippen molar-refractivity contribution in [3.8, 4) is 0 Å². The van der Waals surface area contributed by atoms with Gasteiger partial charge in [0.1, 0.15) is 0 Å². The Bertz CT molecular complexity index is 731. The Balaban J connectivity index is 1.85. The van der Waals surface area contributed by atoms with E-state index < -0.39 is 0 Å². The lowest BCUT2D eigenvalue weighted by Crippen LogP contribution is -1.97. The minimum atomic E-state index is 0.0261. The summed E-state index contributed by atoms with van der Waals surface area (Å²) in [5.74, 6) is 0.872. The Hall–Kier alpha value is -1.78. The maximum absolute atomic E-state index is 9.19. The van der Waals surface area contributed by atoms with Crippen molar-refractivity contribution in [1.29, 1.82) is 0 Å². The second-order valence-corrected chi connectivity index (χ2v) is 5.62. The smallest absolute Gasteiger partial charge is 0.168 e. The lowest BCUT2D eigenvalue weighted by atomic mass is 10.1. The average Bonchev–Trinajstić information content (AvgIpc) is 2.85. The molecule has 0 fully saturated rings. The number of imidazole rings is 1. The predicted octanol–water partition coefficient (Wildman–Crippen LogP) is 3.36. The van der Waals surface area contributed by atoms with Crippen LogP contribution in [0.2, 0.25) is 0 Å². The van der Waals surface area contributed by atoms with Crippen LogP contribution in [-0.2, 0) is 19.4 Å². The Morgan fingerprint density at radius 2 is 1.95 bits per heavy atom. The molecule has 0 radical (unpaired) electrons. The fourth-order valence-corrected chi connectivity index (χ4v) is 3.24. The van der Waals surface area contributed by atoms with E-state index in [1.54, 1.807) is 18.0 Å². The van der Waals surface area contributed by atoms with Crippen LogP contribution >= 0.6 is 11.8 Å². The van der Waals surface area contributed by atoms with Gasteiger partial charge in [0.2, 0.25) is 0 Å². The first-order valence-electron chi connectivity index (χ1n) is 6.50. The number of nitrogens with zero attached hydrogens (tertiary/aromatic N) is 2. The molecule has 102 valence electrons. The van der Waals surface area contributed by atoms with E-state index in [4.69, 9.17) is 0 Å². The van der Waals surface area contributed by atoms with Gasteiger partial charge < -0.3 is 9.67 Å². The Kier molecular flexibility index (Phi) is 3.76. The summed E-state index contributed by atoms with van der Waals surface area (Å²) in [7, 11) is 1.93. The van der Waals surface area contributed by atoms with Gasteiger partial charge in [0.15, 0.2) is 5.16 Å². The van der Waals surface area contributed by atoms with Crippen molar-refractivity contribution in [2.75, 3.05) is 0 Å². The fourth-order valence-electron chi connectivity index (χ4n) is 2.27. The van der Waals surface area contributed by atoms with Gasteiger partial charge in [-0.25, -0.2) is 4.98 Å². The highest BCUT2D eigenvalue weighted by Gasteiger charge is 2.07. The van der Waals surface area contributed by atoms with Gasteiger partial charge in [-0.05, 0) is 16.3 Å². The van der Waals surface area contributed by atoms with Gasteiger partial charge in [-0.15, -0.1) is 0 Å². The van der Waals surface area contributed by atoms with Crippen molar-refractivity contribution < 1.29 is 5.11 Å². The second kappa shape index (κ2) is 5.69. The lowest BCUT2D eigenvalue weighted by molar-refractivity contribution is 0.271. The van der Waals surface area contributed by atoms with Crippen molar-refractivity contribution in [1.82, 2.24) is 9.55 Å². The van der Waals surface area contributed by atoms with Gasteiger partial charge in [0.05, 0.1) is 18.5 Å². The van der Waals surface area contributed by atoms with Gasteiger partial charge >= 0.3 is 0 Å². The molecule has 0 saturated carbocycles. The van der Waals surface area contributed by atoms with Gasteiger partial charge in [0, 0.05) is 12.8 Å². The number of aliphatic hydroxyl groups is 1. The number of benzene rings is 2. The maximum atomic E-state index is 9.19. The van der Waals surface area contributed by atoms with E-state index in [0.29, 0.717) is 0 Å². The monoisotopic (exact) mass is 284 g/mol. The number of rotatable bonds is 4. The van der Waals surface area contributed by atoms with Crippen LogP contribution in [0.3, 0.4) is 0 Å². The molecule has 0 aliphatic rings. The van der Waals surface area contributed by atoms with Crippen molar-refractivity contribution in [2.45, 2.75) is 17.5 Å². The standard InChI is InChI=1S/C16H16N2OS/c1-18-14(10-19)9-17-16(18)20-11-13-7-4-6-12-5-2-3-8-15(12)13/h2-9,19H,10-11H2,1H3. The number of aromatic nitrogens is 2. The normalized spacial score (nSPS) is 11.1. The first kappa shape index (κ1) is 13.2. The van der Waals surface area contributed by atoms with Gasteiger partial charge in [-0.2, -0.15) is 0 Å². The third-order valence-electron chi connectivity index (χ3n) is 3.44. The molecule has 3 rings (SSSR count). The molecule has 0 unspecified atom stereocenters. The highest BCUT2D eigenvalue weighted by atomic mass is 32.2. The van der Waals surface area contributed by atoms with E-state index in [1.807, 2.05) is 11.6 Å². The van der Waals surface area contributed by atoms with Crippen LogP contribution in [0.4, 0.5) is 0 Å². The highest BCUT2D eigenvalue weighted by molar-refractivity contribution is 7.98. The Morgan fingerprint density at radius 1 is 1.15 bits per heavy atom. The summed E-state index contributed by atoms with van der Waals surface area (Å²) in [5.41, 5.74) is 2.15. The Morgan fingerprint density at radius 3 is 2.75 bits per heavy atom. The van der Waals surface area contributed by atoms with E-state index in [2.05, 4.69) is 47.4 Å². The molecule has 0 atom stereocenters. The zero-order chi connectivity index (χ0) is 13.9. The summed E-state index contributed by atoms with van der Waals surface area (Å²) in [5, 5.41) is 12.7. The molecule has 0 spiro atoms. The number of fused-ring (bicyclic) bond motifs is 1. The number of thioether (sulfide) groups is 1. The molecule has 0 aliphatic carbocycles. The molecule has 0 aliphatic heterocycles. The molecule has 1 heterocycles. The van der Waals surface area contributed by atoms with E-state index >= 15 is 0 Å². The van der Waals surface area contributed by atoms with Crippen molar-refractivity contribution in [2.24, 2.45) is 7.05 Å². The minimum absolute atomic E-state index is 0.0261.